The average molecular weight is 243 g/mol. The fraction of sp³-hybridized carbons (Fsp3) is 0.0769. The van der Waals surface area contributed by atoms with Crippen LogP contribution in [0.25, 0.3) is 10.8 Å². The summed E-state index contributed by atoms with van der Waals surface area (Å²) in [7, 11) is 0. The van der Waals surface area contributed by atoms with Crippen LogP contribution in [-0.4, -0.2) is 17.0 Å². The van der Waals surface area contributed by atoms with E-state index in [4.69, 9.17) is 11.5 Å². The Hall–Kier alpha value is -2.56. The van der Waals surface area contributed by atoms with Crippen molar-refractivity contribution in [2.45, 2.75) is 6.42 Å². The number of phenolic OH excluding ortho intramolecular Hbond substituents is 1. The largest absolute Gasteiger partial charge is 0.508 e. The molecule has 2 aromatic carbocycles. The highest BCUT2D eigenvalue weighted by Gasteiger charge is 2.04. The third-order valence-electron chi connectivity index (χ3n) is 2.50. The fourth-order valence-corrected chi connectivity index (χ4v) is 1.75. The van der Waals surface area contributed by atoms with Gasteiger partial charge >= 0.3 is 0 Å². The quantitative estimate of drug-likeness (QED) is 0.538. The van der Waals surface area contributed by atoms with E-state index in [0.717, 1.165) is 16.3 Å². The van der Waals surface area contributed by atoms with Crippen LogP contribution in [0.15, 0.2) is 41.4 Å². The molecule has 5 N–H and O–H groups in total. The monoisotopic (exact) mass is 243 g/mol. The number of guanidine groups is 1. The predicted molar refractivity (Wildman–Crippen MR) is 70.1 cm³/mol. The molecule has 0 heterocycles. The third-order valence-corrected chi connectivity index (χ3v) is 2.50. The number of hydrogen-bond acceptors (Lipinski definition) is 2. The normalized spacial score (nSPS) is 10.2. The van der Waals surface area contributed by atoms with Gasteiger partial charge in [0.25, 0.3) is 5.91 Å². The zero-order valence-electron chi connectivity index (χ0n) is 9.63. The number of phenols is 1. The van der Waals surface area contributed by atoms with E-state index < -0.39 is 0 Å². The van der Waals surface area contributed by atoms with Crippen LogP contribution in [0.4, 0.5) is 0 Å². The van der Waals surface area contributed by atoms with Gasteiger partial charge in [-0.15, -0.1) is 0 Å². The van der Waals surface area contributed by atoms with Gasteiger partial charge in [-0.3, -0.25) is 4.79 Å². The Labute approximate surface area is 104 Å². The summed E-state index contributed by atoms with van der Waals surface area (Å²) in [6, 6.07) is 10.6. The van der Waals surface area contributed by atoms with Gasteiger partial charge in [-0.25, -0.2) is 0 Å². The summed E-state index contributed by atoms with van der Waals surface area (Å²) in [6.45, 7) is 0. The maximum absolute atomic E-state index is 11.4. The van der Waals surface area contributed by atoms with E-state index >= 15 is 0 Å². The number of aromatic hydroxyl groups is 1. The van der Waals surface area contributed by atoms with E-state index in [1.54, 1.807) is 18.2 Å². The summed E-state index contributed by atoms with van der Waals surface area (Å²) in [5.41, 5.74) is 11.1. The summed E-state index contributed by atoms with van der Waals surface area (Å²) in [4.78, 5) is 14.9. The van der Waals surface area contributed by atoms with E-state index in [2.05, 4.69) is 4.99 Å². The minimum absolute atomic E-state index is 0.148. The van der Waals surface area contributed by atoms with Crippen molar-refractivity contribution in [3.8, 4) is 5.75 Å². The second kappa shape index (κ2) is 4.75. The summed E-state index contributed by atoms with van der Waals surface area (Å²) >= 11 is 0. The summed E-state index contributed by atoms with van der Waals surface area (Å²) in [6.07, 6.45) is 0.148. The molecule has 2 aromatic rings. The molecule has 0 saturated heterocycles. The average Bonchev–Trinajstić information content (AvgIpc) is 2.28. The van der Waals surface area contributed by atoms with E-state index in [1.165, 1.54) is 0 Å². The first-order chi connectivity index (χ1) is 8.54. The molecule has 0 saturated carbocycles. The molecule has 2 rings (SSSR count). The lowest BCUT2D eigenvalue weighted by Crippen LogP contribution is -2.24. The SMILES string of the molecule is NC(N)=NC(=O)Cc1ccc2cc(O)ccc2c1. The number of nitrogens with two attached hydrogens (primary N) is 2. The number of fused-ring (bicyclic) bond motifs is 1. The van der Waals surface area contributed by atoms with Crippen molar-refractivity contribution in [1.29, 1.82) is 0 Å². The van der Waals surface area contributed by atoms with E-state index in [1.807, 2.05) is 18.2 Å². The molecule has 5 nitrogen and oxygen atoms in total. The molecule has 0 aromatic heterocycles. The van der Waals surface area contributed by atoms with E-state index in [9.17, 15) is 9.90 Å². The number of carbonyl (C=O) groups is 1. The molecule has 0 atom stereocenters. The minimum atomic E-state index is -0.381. The standard InChI is InChI=1S/C13H13N3O2/c14-13(15)16-12(18)6-8-1-2-10-7-11(17)4-3-9(10)5-8/h1-5,7,17H,6H2,(H4,14,15,16,18). The van der Waals surface area contributed by atoms with Gasteiger partial charge < -0.3 is 16.6 Å². The highest BCUT2D eigenvalue weighted by Crippen LogP contribution is 2.21. The summed E-state index contributed by atoms with van der Waals surface area (Å²) in [5.74, 6) is -0.398. The van der Waals surface area contributed by atoms with Crippen molar-refractivity contribution >= 4 is 22.6 Å². The van der Waals surface area contributed by atoms with Gasteiger partial charge in [0.05, 0.1) is 6.42 Å². The maximum Gasteiger partial charge on any atom is 0.253 e. The molecule has 92 valence electrons. The molecule has 18 heavy (non-hydrogen) atoms. The molecule has 0 aliphatic carbocycles. The van der Waals surface area contributed by atoms with Crippen molar-refractivity contribution in [3.63, 3.8) is 0 Å². The zero-order valence-corrected chi connectivity index (χ0v) is 9.63. The number of benzene rings is 2. The van der Waals surface area contributed by atoms with Crippen LogP contribution in [0.2, 0.25) is 0 Å². The highest BCUT2D eigenvalue weighted by atomic mass is 16.3. The van der Waals surface area contributed by atoms with Gasteiger partial charge in [-0.05, 0) is 28.5 Å². The summed E-state index contributed by atoms with van der Waals surface area (Å²) < 4.78 is 0. The van der Waals surface area contributed by atoms with Crippen molar-refractivity contribution in [1.82, 2.24) is 0 Å². The topological polar surface area (TPSA) is 102 Å². The molecule has 5 heteroatoms. The Morgan fingerprint density at radius 2 is 1.78 bits per heavy atom. The van der Waals surface area contributed by atoms with Gasteiger partial charge in [0, 0.05) is 0 Å². The van der Waals surface area contributed by atoms with E-state index in [0.29, 0.717) is 0 Å². The van der Waals surface area contributed by atoms with Gasteiger partial charge in [-0.1, -0.05) is 24.3 Å². The van der Waals surface area contributed by atoms with Crippen LogP contribution in [0, 0.1) is 0 Å². The highest BCUT2D eigenvalue weighted by molar-refractivity contribution is 5.93. The second-order valence-corrected chi connectivity index (χ2v) is 3.97. The van der Waals surface area contributed by atoms with Crippen LogP contribution < -0.4 is 11.5 Å². The number of rotatable bonds is 2. The molecule has 1 amide bonds. The first kappa shape index (κ1) is 11.9. The smallest absolute Gasteiger partial charge is 0.253 e. The Morgan fingerprint density at radius 1 is 1.11 bits per heavy atom. The lowest BCUT2D eigenvalue weighted by molar-refractivity contribution is -0.117. The van der Waals surface area contributed by atoms with Crippen LogP contribution in [-0.2, 0) is 11.2 Å². The molecule has 0 bridgehead atoms. The first-order valence-electron chi connectivity index (χ1n) is 5.39. The Morgan fingerprint density at radius 3 is 2.50 bits per heavy atom. The lowest BCUT2D eigenvalue weighted by atomic mass is 10.0. The number of carbonyl (C=O) groups excluding carboxylic acids is 1. The molecule has 0 unspecified atom stereocenters. The van der Waals surface area contributed by atoms with Crippen LogP contribution in [0.5, 0.6) is 5.75 Å². The van der Waals surface area contributed by atoms with Crippen LogP contribution in [0.1, 0.15) is 5.56 Å². The van der Waals surface area contributed by atoms with Gasteiger partial charge in [0.1, 0.15) is 5.75 Å². The van der Waals surface area contributed by atoms with Gasteiger partial charge in [0.15, 0.2) is 5.96 Å². The Kier molecular flexibility index (Phi) is 3.14. The molecule has 0 aliphatic heterocycles. The van der Waals surface area contributed by atoms with Crippen molar-refractivity contribution in [3.05, 3.63) is 42.0 Å². The molecular weight excluding hydrogens is 230 g/mol. The number of aliphatic imine (C=N–C) groups is 1. The zero-order chi connectivity index (χ0) is 13.1. The summed E-state index contributed by atoms with van der Waals surface area (Å²) in [5, 5.41) is 11.2. The Balaban J connectivity index is 2.28. The van der Waals surface area contributed by atoms with Gasteiger partial charge in [0.2, 0.25) is 0 Å². The van der Waals surface area contributed by atoms with Crippen molar-refractivity contribution in [2.75, 3.05) is 0 Å². The van der Waals surface area contributed by atoms with Crippen molar-refractivity contribution < 1.29 is 9.90 Å². The minimum Gasteiger partial charge on any atom is -0.508 e. The maximum atomic E-state index is 11.4. The fourth-order valence-electron chi connectivity index (χ4n) is 1.75. The first-order valence-corrected chi connectivity index (χ1v) is 5.39. The lowest BCUT2D eigenvalue weighted by Gasteiger charge is -2.02. The molecule has 0 spiro atoms. The third kappa shape index (κ3) is 2.76. The molecular formula is C13H13N3O2. The number of amides is 1. The van der Waals surface area contributed by atoms with Crippen molar-refractivity contribution in [2.24, 2.45) is 16.5 Å². The van der Waals surface area contributed by atoms with Crippen LogP contribution >= 0.6 is 0 Å². The van der Waals surface area contributed by atoms with E-state index in [-0.39, 0.29) is 24.0 Å². The molecule has 0 radical (unpaired) electrons. The number of hydrogen-bond donors (Lipinski definition) is 3. The predicted octanol–water partition coefficient (Wildman–Crippen LogP) is 0.888. The Bertz CT molecular complexity index is 631. The van der Waals surface area contributed by atoms with Gasteiger partial charge in [-0.2, -0.15) is 4.99 Å². The number of nitrogens with zero attached hydrogens (tertiary/aromatic N) is 1. The molecule has 0 aliphatic rings. The van der Waals surface area contributed by atoms with Crippen LogP contribution in [0.3, 0.4) is 0 Å². The second-order valence-electron chi connectivity index (χ2n) is 3.97. The molecule has 0 fully saturated rings.